The van der Waals surface area contributed by atoms with Gasteiger partial charge in [0.05, 0.1) is 12.6 Å². The normalized spacial score (nSPS) is 11.8. The molecule has 1 aromatic carbocycles. The number of carbonyl (C=O) groups excluding carboxylic acids is 1. The van der Waals surface area contributed by atoms with Crippen LogP contribution in [0.3, 0.4) is 0 Å². The molecule has 1 unspecified atom stereocenters. The molecule has 1 aromatic heterocycles. The van der Waals surface area contributed by atoms with E-state index < -0.39 is 0 Å². The van der Waals surface area contributed by atoms with Gasteiger partial charge in [-0.2, -0.15) is 5.10 Å². The summed E-state index contributed by atoms with van der Waals surface area (Å²) in [7, 11) is 0. The number of nitrogens with one attached hydrogen (secondary N) is 3. The average Bonchev–Trinajstić information content (AvgIpc) is 2.96. The number of urea groups is 1. The van der Waals surface area contributed by atoms with Crippen molar-refractivity contribution in [2.45, 2.75) is 39.7 Å². The molecule has 0 radical (unpaired) electrons. The zero-order valence-corrected chi connectivity index (χ0v) is 13.7. The van der Waals surface area contributed by atoms with Crippen molar-refractivity contribution in [3.63, 3.8) is 0 Å². The molecule has 2 aromatic rings. The smallest absolute Gasteiger partial charge is 0.319 e. The first-order valence-corrected chi connectivity index (χ1v) is 7.77. The van der Waals surface area contributed by atoms with E-state index in [-0.39, 0.29) is 12.1 Å². The Kier molecular flexibility index (Phi) is 5.96. The highest BCUT2D eigenvalue weighted by Gasteiger charge is 2.13. The van der Waals surface area contributed by atoms with Gasteiger partial charge in [-0.25, -0.2) is 9.78 Å². The van der Waals surface area contributed by atoms with Crippen molar-refractivity contribution in [3.05, 3.63) is 35.9 Å². The predicted molar refractivity (Wildman–Crippen MR) is 88.5 cm³/mol. The molecule has 0 saturated carbocycles. The number of aryl methyl sites for hydroxylation is 1. The van der Waals surface area contributed by atoms with E-state index in [9.17, 15) is 4.79 Å². The molecule has 1 atom stereocenters. The van der Waals surface area contributed by atoms with Crippen LogP contribution in [0.15, 0.2) is 24.3 Å². The Balaban J connectivity index is 1.82. The second-order valence-corrected chi connectivity index (χ2v) is 5.33. The molecule has 0 bridgehead atoms. The monoisotopic (exact) mass is 317 g/mol. The number of benzene rings is 1. The Morgan fingerprint density at radius 1 is 1.35 bits per heavy atom. The number of carbonyl (C=O) groups is 1. The molecule has 124 valence electrons. The fourth-order valence-corrected chi connectivity index (χ4v) is 1.95. The molecule has 1 heterocycles. The van der Waals surface area contributed by atoms with E-state index in [1.165, 1.54) is 0 Å². The van der Waals surface area contributed by atoms with Crippen LogP contribution in [0.25, 0.3) is 0 Å². The van der Waals surface area contributed by atoms with Crippen molar-refractivity contribution in [3.8, 4) is 5.75 Å². The van der Waals surface area contributed by atoms with Crippen LogP contribution in [0.1, 0.15) is 44.4 Å². The number of unbranched alkanes of at least 4 members (excludes halogenated alkanes) is 1. The van der Waals surface area contributed by atoms with Crippen LogP contribution in [-0.2, 0) is 0 Å². The number of H-pyrrole nitrogens is 1. The van der Waals surface area contributed by atoms with Gasteiger partial charge in [0.15, 0.2) is 5.82 Å². The summed E-state index contributed by atoms with van der Waals surface area (Å²) in [6.45, 7) is 6.47. The lowest BCUT2D eigenvalue weighted by atomic mass is 10.3. The largest absolute Gasteiger partial charge is 0.494 e. The number of aromatic nitrogens is 3. The van der Waals surface area contributed by atoms with Gasteiger partial charge >= 0.3 is 6.03 Å². The van der Waals surface area contributed by atoms with E-state index >= 15 is 0 Å². The number of aromatic amines is 1. The molecule has 0 aliphatic heterocycles. The molecule has 7 heteroatoms. The summed E-state index contributed by atoms with van der Waals surface area (Å²) in [5.41, 5.74) is 0.698. The number of hydrogen-bond donors (Lipinski definition) is 3. The molecular weight excluding hydrogens is 294 g/mol. The van der Waals surface area contributed by atoms with Crippen LogP contribution in [0, 0.1) is 6.92 Å². The van der Waals surface area contributed by atoms with Gasteiger partial charge in [-0.15, -0.1) is 0 Å². The van der Waals surface area contributed by atoms with Crippen LogP contribution >= 0.6 is 0 Å². The summed E-state index contributed by atoms with van der Waals surface area (Å²) in [4.78, 5) is 16.2. The number of amides is 2. The summed E-state index contributed by atoms with van der Waals surface area (Å²) in [5.74, 6) is 2.07. The molecular formula is C16H23N5O2. The second-order valence-electron chi connectivity index (χ2n) is 5.33. The molecule has 0 spiro atoms. The first kappa shape index (κ1) is 16.8. The summed E-state index contributed by atoms with van der Waals surface area (Å²) in [5, 5.41) is 12.3. The van der Waals surface area contributed by atoms with Gasteiger partial charge < -0.3 is 15.4 Å². The van der Waals surface area contributed by atoms with E-state index in [0.29, 0.717) is 23.9 Å². The SMILES string of the molecule is CCCCOc1ccc(NC(=O)NC(C)c2n[nH]c(C)n2)cc1. The third-order valence-electron chi connectivity index (χ3n) is 3.23. The third-order valence-corrected chi connectivity index (χ3v) is 3.23. The Morgan fingerprint density at radius 3 is 2.70 bits per heavy atom. The highest BCUT2D eigenvalue weighted by molar-refractivity contribution is 5.89. The van der Waals surface area contributed by atoms with Crippen molar-refractivity contribution in [1.82, 2.24) is 20.5 Å². The average molecular weight is 317 g/mol. The Morgan fingerprint density at radius 2 is 2.09 bits per heavy atom. The lowest BCUT2D eigenvalue weighted by molar-refractivity contribution is 0.249. The maximum absolute atomic E-state index is 12.0. The quantitative estimate of drug-likeness (QED) is 0.684. The molecule has 2 amide bonds. The van der Waals surface area contributed by atoms with Crippen LogP contribution in [0.4, 0.5) is 10.5 Å². The molecule has 3 N–H and O–H groups in total. The molecule has 2 rings (SSSR count). The topological polar surface area (TPSA) is 91.9 Å². The van der Waals surface area contributed by atoms with Crippen molar-refractivity contribution in [2.24, 2.45) is 0 Å². The first-order chi connectivity index (χ1) is 11.1. The van der Waals surface area contributed by atoms with Gasteiger partial charge in [-0.05, 0) is 44.5 Å². The molecule has 0 fully saturated rings. The second kappa shape index (κ2) is 8.17. The van der Waals surface area contributed by atoms with Crippen molar-refractivity contribution in [2.75, 3.05) is 11.9 Å². The Labute approximate surface area is 135 Å². The molecule has 0 aliphatic carbocycles. The molecule has 23 heavy (non-hydrogen) atoms. The van der Waals surface area contributed by atoms with Gasteiger partial charge in [-0.1, -0.05) is 13.3 Å². The predicted octanol–water partition coefficient (Wildman–Crippen LogP) is 3.17. The zero-order chi connectivity index (χ0) is 16.7. The molecule has 0 aliphatic rings. The van der Waals surface area contributed by atoms with Crippen molar-refractivity contribution in [1.29, 1.82) is 0 Å². The first-order valence-electron chi connectivity index (χ1n) is 7.77. The van der Waals surface area contributed by atoms with Crippen LogP contribution in [0.2, 0.25) is 0 Å². The third kappa shape index (κ3) is 5.28. The summed E-state index contributed by atoms with van der Waals surface area (Å²) >= 11 is 0. The Hall–Kier alpha value is -2.57. The number of rotatable bonds is 7. The number of anilines is 1. The molecule has 7 nitrogen and oxygen atoms in total. The van der Waals surface area contributed by atoms with Gasteiger partial charge in [0.2, 0.25) is 0 Å². The Bertz CT molecular complexity index is 624. The van der Waals surface area contributed by atoms with E-state index in [1.807, 2.05) is 38.1 Å². The minimum Gasteiger partial charge on any atom is -0.494 e. The van der Waals surface area contributed by atoms with Crippen LogP contribution < -0.4 is 15.4 Å². The van der Waals surface area contributed by atoms with E-state index in [2.05, 4.69) is 32.7 Å². The fourth-order valence-electron chi connectivity index (χ4n) is 1.95. The van der Waals surface area contributed by atoms with Crippen LogP contribution in [0.5, 0.6) is 5.75 Å². The molecule has 0 saturated heterocycles. The van der Waals surface area contributed by atoms with Gasteiger partial charge in [-0.3, -0.25) is 5.10 Å². The summed E-state index contributed by atoms with van der Waals surface area (Å²) < 4.78 is 5.58. The van der Waals surface area contributed by atoms with E-state index in [4.69, 9.17) is 4.74 Å². The van der Waals surface area contributed by atoms with Gasteiger partial charge in [0.25, 0.3) is 0 Å². The zero-order valence-electron chi connectivity index (χ0n) is 13.7. The summed E-state index contributed by atoms with van der Waals surface area (Å²) in [6.07, 6.45) is 2.13. The van der Waals surface area contributed by atoms with Crippen molar-refractivity contribution >= 4 is 11.7 Å². The lowest BCUT2D eigenvalue weighted by Crippen LogP contribution is -2.31. The van der Waals surface area contributed by atoms with Crippen LogP contribution in [-0.4, -0.2) is 27.8 Å². The maximum atomic E-state index is 12.0. The number of nitrogens with zero attached hydrogens (tertiary/aromatic N) is 2. The van der Waals surface area contributed by atoms with E-state index in [0.717, 1.165) is 18.6 Å². The highest BCUT2D eigenvalue weighted by atomic mass is 16.5. The number of hydrogen-bond acceptors (Lipinski definition) is 4. The summed E-state index contributed by atoms with van der Waals surface area (Å²) in [6, 6.07) is 6.71. The highest BCUT2D eigenvalue weighted by Crippen LogP contribution is 2.16. The minimum absolute atomic E-state index is 0.281. The maximum Gasteiger partial charge on any atom is 0.319 e. The lowest BCUT2D eigenvalue weighted by Gasteiger charge is -2.12. The number of ether oxygens (including phenoxy) is 1. The van der Waals surface area contributed by atoms with Crippen molar-refractivity contribution < 1.29 is 9.53 Å². The minimum atomic E-state index is -0.306. The van der Waals surface area contributed by atoms with E-state index in [1.54, 1.807) is 0 Å². The van der Waals surface area contributed by atoms with Gasteiger partial charge in [0, 0.05) is 5.69 Å². The standard InChI is InChI=1S/C16H23N5O2/c1-4-5-10-23-14-8-6-13(7-9-14)19-16(22)17-11(2)15-18-12(3)20-21-15/h6-9,11H,4-5,10H2,1-3H3,(H2,17,19,22)(H,18,20,21). The van der Waals surface area contributed by atoms with Gasteiger partial charge in [0.1, 0.15) is 11.6 Å². The fraction of sp³-hybridized carbons (Fsp3) is 0.438.